The third-order valence-electron chi connectivity index (χ3n) is 14.7. The fourth-order valence-electron chi connectivity index (χ4n) is 9.87. The Morgan fingerprint density at radius 3 is 1.01 bits per heavy atom. The topological polar surface area (TPSA) is 95.9 Å². The average Bonchev–Trinajstić information content (AvgIpc) is 3.36. The van der Waals surface area contributed by atoms with Crippen molar-refractivity contribution in [1.82, 2.24) is 5.32 Å². The summed E-state index contributed by atoms with van der Waals surface area (Å²) in [5.41, 5.74) is 0. The Morgan fingerprint density at radius 1 is 0.386 bits per heavy atom. The van der Waals surface area contributed by atoms with Crippen LogP contribution in [0.2, 0.25) is 0 Å². The van der Waals surface area contributed by atoms with Crippen LogP contribution in [-0.2, 0) is 14.3 Å². The number of rotatable bonds is 59. The van der Waals surface area contributed by atoms with E-state index in [0.29, 0.717) is 19.4 Å². The van der Waals surface area contributed by atoms with Crippen molar-refractivity contribution < 1.29 is 24.5 Å². The molecule has 0 aromatic carbocycles. The summed E-state index contributed by atoms with van der Waals surface area (Å²) in [5, 5.41) is 23.2. The largest absolute Gasteiger partial charge is 0.466 e. The lowest BCUT2D eigenvalue weighted by molar-refractivity contribution is -0.143. The first kappa shape index (κ1) is 68.3. The van der Waals surface area contributed by atoms with Crippen molar-refractivity contribution in [1.29, 1.82) is 0 Å². The second kappa shape index (κ2) is 59.9. The molecule has 0 saturated carbocycles. The minimum Gasteiger partial charge on any atom is -0.466 e. The van der Waals surface area contributed by atoms with Crippen LogP contribution in [0.25, 0.3) is 0 Å². The lowest BCUT2D eigenvalue weighted by atomic mass is 10.0. The molecule has 0 aliphatic carbocycles. The number of carbonyl (C=O) groups excluding carboxylic acids is 2. The Kier molecular flexibility index (Phi) is 58.5. The number of allylic oxidation sites excluding steroid dienone is 3. The minimum absolute atomic E-state index is 0.00771. The Bertz CT molecular complexity index is 1090. The molecule has 6 nitrogen and oxygen atoms in total. The molecule has 0 heterocycles. The van der Waals surface area contributed by atoms with E-state index < -0.39 is 12.1 Å². The maximum Gasteiger partial charge on any atom is 0.305 e. The molecule has 414 valence electrons. The molecule has 0 aromatic heterocycles. The molecular weight excluding hydrogens is 863 g/mol. The van der Waals surface area contributed by atoms with Gasteiger partial charge in [-0.2, -0.15) is 0 Å². The lowest BCUT2D eigenvalue weighted by Crippen LogP contribution is -2.45. The molecule has 0 aliphatic heterocycles. The summed E-state index contributed by atoms with van der Waals surface area (Å²) in [6.07, 6.45) is 73.6. The van der Waals surface area contributed by atoms with Gasteiger partial charge in [0.15, 0.2) is 0 Å². The van der Waals surface area contributed by atoms with Crippen molar-refractivity contribution in [2.24, 2.45) is 0 Å². The van der Waals surface area contributed by atoms with Crippen LogP contribution in [0.4, 0.5) is 0 Å². The van der Waals surface area contributed by atoms with Crippen LogP contribution >= 0.6 is 0 Å². The third-order valence-corrected chi connectivity index (χ3v) is 14.7. The molecule has 70 heavy (non-hydrogen) atoms. The van der Waals surface area contributed by atoms with Gasteiger partial charge in [0, 0.05) is 12.8 Å². The first-order chi connectivity index (χ1) is 34.5. The van der Waals surface area contributed by atoms with Gasteiger partial charge in [0.25, 0.3) is 0 Å². The van der Waals surface area contributed by atoms with Gasteiger partial charge >= 0.3 is 5.97 Å². The zero-order chi connectivity index (χ0) is 50.7. The van der Waals surface area contributed by atoms with Crippen LogP contribution in [0.5, 0.6) is 0 Å². The van der Waals surface area contributed by atoms with Gasteiger partial charge in [-0.15, -0.1) is 0 Å². The lowest BCUT2D eigenvalue weighted by Gasteiger charge is -2.20. The highest BCUT2D eigenvalue weighted by Gasteiger charge is 2.18. The van der Waals surface area contributed by atoms with E-state index in [9.17, 15) is 19.8 Å². The van der Waals surface area contributed by atoms with Crippen LogP contribution in [0, 0.1) is 0 Å². The normalized spacial score (nSPS) is 12.7. The summed E-state index contributed by atoms with van der Waals surface area (Å²) in [6, 6.07) is -0.634. The van der Waals surface area contributed by atoms with E-state index in [1.165, 1.54) is 276 Å². The monoisotopic (exact) mass is 986 g/mol. The number of amides is 1. The van der Waals surface area contributed by atoms with E-state index in [4.69, 9.17) is 4.74 Å². The van der Waals surface area contributed by atoms with Crippen LogP contribution in [0.3, 0.4) is 0 Å². The van der Waals surface area contributed by atoms with Crippen molar-refractivity contribution in [2.75, 3.05) is 13.2 Å². The Hall–Kier alpha value is -1.66. The summed E-state index contributed by atoms with van der Waals surface area (Å²) in [7, 11) is 0. The van der Waals surface area contributed by atoms with Crippen LogP contribution in [0.15, 0.2) is 24.3 Å². The molecule has 0 rings (SSSR count). The first-order valence-electron chi connectivity index (χ1n) is 31.6. The van der Waals surface area contributed by atoms with Gasteiger partial charge < -0.3 is 20.3 Å². The van der Waals surface area contributed by atoms with E-state index in [0.717, 1.165) is 44.9 Å². The quantitative estimate of drug-likeness (QED) is 0.0321. The van der Waals surface area contributed by atoms with Gasteiger partial charge in [-0.3, -0.25) is 9.59 Å². The maximum absolute atomic E-state index is 12.5. The van der Waals surface area contributed by atoms with Crippen LogP contribution < -0.4 is 5.32 Å². The summed E-state index contributed by atoms with van der Waals surface area (Å²) >= 11 is 0. The predicted octanol–water partition coefficient (Wildman–Crippen LogP) is 19.8. The average molecular weight is 987 g/mol. The van der Waals surface area contributed by atoms with E-state index in [1.807, 2.05) is 6.08 Å². The zero-order valence-corrected chi connectivity index (χ0v) is 47.3. The number of esters is 1. The van der Waals surface area contributed by atoms with Crippen molar-refractivity contribution in [3.8, 4) is 0 Å². The van der Waals surface area contributed by atoms with E-state index in [-0.39, 0.29) is 18.5 Å². The number of ether oxygens (including phenoxy) is 1. The first-order valence-corrected chi connectivity index (χ1v) is 31.6. The molecule has 0 saturated heterocycles. The standard InChI is InChI=1S/C64H123NO5/c1-3-5-7-9-11-13-15-16-17-18-19-21-24-27-30-33-37-40-44-48-52-56-62(67)61(60-66)65-63(68)57-53-49-45-41-38-34-31-28-25-22-20-23-26-29-32-35-39-43-47-51-55-59-70-64(69)58-54-50-46-42-36-14-12-10-8-6-4-2/h22,25,52,56,61-62,66-67H,3-21,23-24,26-51,53-55,57-60H2,1-2H3,(H,65,68)/b25-22-,56-52+. The molecule has 0 radical (unpaired) electrons. The van der Waals surface area contributed by atoms with Gasteiger partial charge in [-0.1, -0.05) is 301 Å². The smallest absolute Gasteiger partial charge is 0.305 e. The summed E-state index contributed by atoms with van der Waals surface area (Å²) in [6.45, 7) is 4.92. The molecule has 2 atom stereocenters. The van der Waals surface area contributed by atoms with Gasteiger partial charge in [-0.25, -0.2) is 0 Å². The second-order valence-corrected chi connectivity index (χ2v) is 21.7. The van der Waals surface area contributed by atoms with Crippen molar-refractivity contribution in [3.63, 3.8) is 0 Å². The maximum atomic E-state index is 12.5. The number of unbranched alkanes of at least 4 members (excludes halogenated alkanes) is 46. The number of hydrogen-bond donors (Lipinski definition) is 3. The molecule has 0 bridgehead atoms. The number of nitrogens with one attached hydrogen (secondary N) is 1. The second-order valence-electron chi connectivity index (χ2n) is 21.7. The zero-order valence-electron chi connectivity index (χ0n) is 47.3. The molecule has 6 heteroatoms. The van der Waals surface area contributed by atoms with Gasteiger partial charge in [0.2, 0.25) is 5.91 Å². The highest BCUT2D eigenvalue weighted by atomic mass is 16.5. The summed E-state index contributed by atoms with van der Waals surface area (Å²) < 4.78 is 5.46. The third kappa shape index (κ3) is 55.7. The molecular formula is C64H123NO5. The highest BCUT2D eigenvalue weighted by Crippen LogP contribution is 2.17. The summed E-state index contributed by atoms with van der Waals surface area (Å²) in [5.74, 6) is -0.0648. The number of aliphatic hydroxyl groups excluding tert-OH is 2. The van der Waals surface area contributed by atoms with Crippen LogP contribution in [0.1, 0.15) is 348 Å². The summed E-state index contributed by atoms with van der Waals surface area (Å²) in [4.78, 5) is 24.5. The van der Waals surface area contributed by atoms with Gasteiger partial charge in [0.05, 0.1) is 25.4 Å². The SMILES string of the molecule is CCCCCCCCCCCCCCCCCCCCC/C=C/C(O)C(CO)NC(=O)CCCCCCCCC/C=C\CCCCCCCCCCCCOC(=O)CCCCCCCCCCCCC. The van der Waals surface area contributed by atoms with Crippen molar-refractivity contribution in [2.45, 2.75) is 360 Å². The van der Waals surface area contributed by atoms with Gasteiger partial charge in [0.1, 0.15) is 0 Å². The van der Waals surface area contributed by atoms with Crippen molar-refractivity contribution >= 4 is 11.9 Å². The minimum atomic E-state index is -0.850. The van der Waals surface area contributed by atoms with E-state index in [1.54, 1.807) is 6.08 Å². The van der Waals surface area contributed by atoms with Crippen LogP contribution in [-0.4, -0.2) is 47.4 Å². The fraction of sp³-hybridized carbons (Fsp3) is 0.906. The molecule has 3 N–H and O–H groups in total. The molecule has 1 amide bonds. The number of carbonyl (C=O) groups is 2. The predicted molar refractivity (Wildman–Crippen MR) is 306 cm³/mol. The van der Waals surface area contributed by atoms with E-state index >= 15 is 0 Å². The van der Waals surface area contributed by atoms with E-state index in [2.05, 4.69) is 31.3 Å². The number of hydrogen-bond acceptors (Lipinski definition) is 5. The molecule has 0 fully saturated rings. The number of aliphatic hydroxyl groups is 2. The van der Waals surface area contributed by atoms with Crippen molar-refractivity contribution in [3.05, 3.63) is 24.3 Å². The Balaban J connectivity index is 3.46. The molecule has 0 aliphatic rings. The molecule has 2 unspecified atom stereocenters. The molecule has 0 aromatic rings. The fourth-order valence-corrected chi connectivity index (χ4v) is 9.87. The Labute approximate surface area is 437 Å². The molecule has 0 spiro atoms. The Morgan fingerprint density at radius 2 is 0.671 bits per heavy atom. The highest BCUT2D eigenvalue weighted by molar-refractivity contribution is 5.76. The van der Waals surface area contributed by atoms with Gasteiger partial charge in [-0.05, 0) is 57.8 Å².